The highest BCUT2D eigenvalue weighted by molar-refractivity contribution is 6.36. The van der Waals surface area contributed by atoms with Crippen LogP contribution in [-0.2, 0) is 0 Å². The second-order valence-electron chi connectivity index (χ2n) is 13.7. The first-order valence-corrected chi connectivity index (χ1v) is 18.6. The highest BCUT2D eigenvalue weighted by atomic mass is 15.1. The minimum atomic E-state index is 0.379. The van der Waals surface area contributed by atoms with Crippen molar-refractivity contribution in [2.24, 2.45) is 4.99 Å². The summed E-state index contributed by atoms with van der Waals surface area (Å²) in [5.41, 5.74) is 12.3. The van der Waals surface area contributed by atoms with E-state index in [1.54, 1.807) is 0 Å². The number of allylic oxidation sites excluding steroid dienone is 2. The Bertz CT molecular complexity index is 2820. The van der Waals surface area contributed by atoms with E-state index < -0.39 is 0 Å². The van der Waals surface area contributed by atoms with Crippen LogP contribution in [0.15, 0.2) is 199 Å². The number of aromatic nitrogens is 1. The van der Waals surface area contributed by atoms with Gasteiger partial charge in [-0.3, -0.25) is 9.98 Å². The molecule has 8 aromatic rings. The normalized spacial score (nSPS) is 13.6. The van der Waals surface area contributed by atoms with Crippen molar-refractivity contribution in [2.45, 2.75) is 0 Å². The summed E-state index contributed by atoms with van der Waals surface area (Å²) in [4.78, 5) is 5.09. The molecule has 9 rings (SSSR count). The number of nitrogens with one attached hydrogen (secondary N) is 3. The average molecular weight is 720 g/mol. The monoisotopic (exact) mass is 719 g/mol. The third-order valence-corrected chi connectivity index (χ3v) is 10.1. The summed E-state index contributed by atoms with van der Waals surface area (Å²) >= 11 is 0. The summed E-state index contributed by atoms with van der Waals surface area (Å²) < 4.78 is 2.15. The number of aliphatic imine (C=N–C) groups is 1. The summed E-state index contributed by atoms with van der Waals surface area (Å²) in [7, 11) is 0. The van der Waals surface area contributed by atoms with E-state index in [1.165, 1.54) is 0 Å². The summed E-state index contributed by atoms with van der Waals surface area (Å²) in [6, 6.07) is 63.2. The molecule has 0 saturated heterocycles. The van der Waals surface area contributed by atoms with Crippen LogP contribution >= 0.6 is 0 Å². The van der Waals surface area contributed by atoms with Crippen LogP contribution in [0.1, 0.15) is 38.9 Å². The molecule has 0 spiro atoms. The van der Waals surface area contributed by atoms with Gasteiger partial charge in [-0.15, -0.1) is 0 Å². The van der Waals surface area contributed by atoms with E-state index in [1.807, 2.05) is 109 Å². The molecule has 0 amide bonds. The maximum atomic E-state index is 9.46. The van der Waals surface area contributed by atoms with Crippen LogP contribution in [0.2, 0.25) is 0 Å². The number of fused-ring (bicyclic) bond motifs is 4. The molecule has 1 aliphatic heterocycles. The maximum absolute atomic E-state index is 9.46. The first-order chi connectivity index (χ1) is 27.6. The lowest BCUT2D eigenvalue weighted by atomic mass is 9.88. The lowest BCUT2D eigenvalue weighted by Crippen LogP contribution is -2.20. The van der Waals surface area contributed by atoms with Crippen molar-refractivity contribution < 1.29 is 0 Å². The van der Waals surface area contributed by atoms with Crippen molar-refractivity contribution in [3.63, 3.8) is 0 Å². The van der Waals surface area contributed by atoms with Crippen LogP contribution in [0.3, 0.4) is 0 Å². The molecular formula is C51H37N5. The van der Waals surface area contributed by atoms with Gasteiger partial charge in [0, 0.05) is 45.5 Å². The van der Waals surface area contributed by atoms with Gasteiger partial charge >= 0.3 is 0 Å². The first kappa shape index (κ1) is 34.2. The van der Waals surface area contributed by atoms with Crippen molar-refractivity contribution in [3.8, 4) is 0 Å². The second-order valence-corrected chi connectivity index (χ2v) is 13.7. The van der Waals surface area contributed by atoms with Gasteiger partial charge in [-0.2, -0.15) is 0 Å². The standard InChI is InChI=1S/C51H37N5/c52-44(36-16-4-1-5-17-36)33-48(56-46-26-14-12-24-42(46)43-25-13-15-27-47(43)56)54-34-35-28-30-37(31-29-35)45-32-40-22-10-11-23-41(40)51(55-45)49(38-18-6-2-7-19-38)50(53)39-20-8-3-9-21-39/h1-34,52-53,55H/b48-33+,51-49-,52-44?,53-50?,54-34+. The molecular weight excluding hydrogens is 683 g/mol. The van der Waals surface area contributed by atoms with Crippen molar-refractivity contribution in [3.05, 3.63) is 233 Å². The molecule has 0 bridgehead atoms. The van der Waals surface area contributed by atoms with Crippen LogP contribution in [-0.4, -0.2) is 22.2 Å². The largest absolute Gasteiger partial charge is 0.354 e. The van der Waals surface area contributed by atoms with E-state index >= 15 is 0 Å². The van der Waals surface area contributed by atoms with Gasteiger partial charge in [-0.05, 0) is 46.0 Å². The summed E-state index contributed by atoms with van der Waals surface area (Å²) in [6.07, 6.45) is 5.89. The molecule has 266 valence electrons. The second kappa shape index (κ2) is 15.0. The molecule has 0 aliphatic carbocycles. The first-order valence-electron chi connectivity index (χ1n) is 18.6. The Morgan fingerprint density at radius 3 is 1.71 bits per heavy atom. The molecule has 0 radical (unpaired) electrons. The zero-order valence-corrected chi connectivity index (χ0v) is 30.5. The van der Waals surface area contributed by atoms with E-state index in [0.29, 0.717) is 17.2 Å². The number of para-hydroxylation sites is 2. The van der Waals surface area contributed by atoms with Crippen molar-refractivity contribution in [2.75, 3.05) is 0 Å². The minimum absolute atomic E-state index is 0.379. The molecule has 56 heavy (non-hydrogen) atoms. The quantitative estimate of drug-likeness (QED) is 0.128. The number of hydrogen-bond acceptors (Lipinski definition) is 4. The van der Waals surface area contributed by atoms with Gasteiger partial charge in [0.2, 0.25) is 0 Å². The Morgan fingerprint density at radius 2 is 1.07 bits per heavy atom. The molecule has 5 nitrogen and oxygen atoms in total. The van der Waals surface area contributed by atoms with Crippen LogP contribution in [0.25, 0.3) is 50.7 Å². The van der Waals surface area contributed by atoms with Crippen LogP contribution in [0.5, 0.6) is 0 Å². The van der Waals surface area contributed by atoms with Gasteiger partial charge in [-0.1, -0.05) is 176 Å². The highest BCUT2D eigenvalue weighted by Gasteiger charge is 2.23. The fourth-order valence-electron chi connectivity index (χ4n) is 7.41. The lowest BCUT2D eigenvalue weighted by Gasteiger charge is -2.26. The summed E-state index contributed by atoms with van der Waals surface area (Å²) in [5.74, 6) is 0.651. The Kier molecular flexibility index (Phi) is 9.16. The predicted molar refractivity (Wildman–Crippen MR) is 235 cm³/mol. The van der Waals surface area contributed by atoms with Gasteiger partial charge in [-0.25, -0.2) is 4.99 Å². The van der Waals surface area contributed by atoms with E-state index in [9.17, 15) is 5.41 Å². The van der Waals surface area contributed by atoms with Gasteiger partial charge in [0.25, 0.3) is 0 Å². The van der Waals surface area contributed by atoms with Crippen LogP contribution in [0, 0.1) is 10.8 Å². The molecule has 0 unspecified atom stereocenters. The van der Waals surface area contributed by atoms with Crippen molar-refractivity contribution >= 4 is 68.3 Å². The molecule has 1 aliphatic rings. The number of benzene rings is 7. The molecule has 3 N–H and O–H groups in total. The topological polar surface area (TPSA) is 77.0 Å². The zero-order chi connectivity index (χ0) is 37.8. The Balaban J connectivity index is 1.10. The average Bonchev–Trinajstić information content (AvgIpc) is 3.60. The third kappa shape index (κ3) is 6.59. The van der Waals surface area contributed by atoms with E-state index in [4.69, 9.17) is 10.4 Å². The molecule has 0 fully saturated rings. The molecule has 5 heteroatoms. The molecule has 0 saturated carbocycles. The SMILES string of the molecule is N=C(/C=C(\N=C\c1ccc(C2=Cc3ccccc3/C(=C(/C(=N)c3ccccc3)c3ccccc3)N2)cc1)n1c2ccccc2c2ccccc21)c1ccccc1. The number of rotatable bonds is 9. The van der Waals surface area contributed by atoms with Gasteiger partial charge in [0.05, 0.1) is 28.2 Å². The Morgan fingerprint density at radius 1 is 0.536 bits per heavy atom. The Labute approximate surface area is 326 Å². The van der Waals surface area contributed by atoms with Gasteiger partial charge in [0.1, 0.15) is 5.82 Å². The highest BCUT2D eigenvalue weighted by Crippen LogP contribution is 2.36. The summed E-state index contributed by atoms with van der Waals surface area (Å²) in [5, 5.41) is 24.5. The third-order valence-electron chi connectivity index (χ3n) is 10.1. The van der Waals surface area contributed by atoms with Crippen molar-refractivity contribution in [1.82, 2.24) is 9.88 Å². The Hall–Kier alpha value is -7.63. The lowest BCUT2D eigenvalue weighted by molar-refractivity contribution is 1.18. The van der Waals surface area contributed by atoms with Crippen molar-refractivity contribution in [1.29, 1.82) is 10.8 Å². The summed E-state index contributed by atoms with van der Waals surface area (Å²) in [6.45, 7) is 0. The molecule has 2 heterocycles. The number of hydrogen-bond donors (Lipinski definition) is 3. The predicted octanol–water partition coefficient (Wildman–Crippen LogP) is 11.8. The molecule has 1 aromatic heterocycles. The number of nitrogens with zero attached hydrogens (tertiary/aromatic N) is 2. The van der Waals surface area contributed by atoms with E-state index in [2.05, 4.69) is 107 Å². The van der Waals surface area contributed by atoms with Gasteiger partial charge in [0.15, 0.2) is 0 Å². The zero-order valence-electron chi connectivity index (χ0n) is 30.5. The maximum Gasteiger partial charge on any atom is 0.139 e. The van der Waals surface area contributed by atoms with Crippen LogP contribution in [0.4, 0.5) is 0 Å². The molecule has 7 aromatic carbocycles. The van der Waals surface area contributed by atoms with E-state index in [0.717, 1.165) is 77.7 Å². The van der Waals surface area contributed by atoms with Crippen LogP contribution < -0.4 is 5.32 Å². The molecule has 0 atom stereocenters. The fraction of sp³-hybridized carbons (Fsp3) is 0. The van der Waals surface area contributed by atoms with E-state index in [-0.39, 0.29) is 0 Å². The smallest absolute Gasteiger partial charge is 0.139 e. The van der Waals surface area contributed by atoms with Gasteiger partial charge < -0.3 is 10.7 Å². The fourth-order valence-corrected chi connectivity index (χ4v) is 7.41. The minimum Gasteiger partial charge on any atom is -0.354 e.